The SMILES string of the molecule is C/C(=C\c1ccccc1)CNCCCN1CCC(O)C1. The number of hydrogen-bond donors (Lipinski definition) is 2. The first-order valence-corrected chi connectivity index (χ1v) is 7.57. The number of aliphatic hydroxyl groups is 1. The maximum Gasteiger partial charge on any atom is 0.0679 e. The predicted octanol–water partition coefficient (Wildman–Crippen LogP) is 2.14. The van der Waals surface area contributed by atoms with Crippen LogP contribution in [0.3, 0.4) is 0 Å². The fourth-order valence-electron chi connectivity index (χ4n) is 2.61. The molecule has 3 nitrogen and oxygen atoms in total. The summed E-state index contributed by atoms with van der Waals surface area (Å²) >= 11 is 0. The van der Waals surface area contributed by atoms with Gasteiger partial charge in [0, 0.05) is 19.6 Å². The molecule has 1 aromatic rings. The van der Waals surface area contributed by atoms with Crippen molar-refractivity contribution in [3.8, 4) is 0 Å². The highest BCUT2D eigenvalue weighted by molar-refractivity contribution is 5.52. The maximum absolute atomic E-state index is 9.45. The van der Waals surface area contributed by atoms with E-state index in [0.717, 1.165) is 45.6 Å². The van der Waals surface area contributed by atoms with Crippen molar-refractivity contribution in [1.82, 2.24) is 10.2 Å². The average molecular weight is 274 g/mol. The lowest BCUT2D eigenvalue weighted by molar-refractivity contribution is 0.176. The summed E-state index contributed by atoms with van der Waals surface area (Å²) in [5, 5.41) is 12.9. The Morgan fingerprint density at radius 2 is 2.20 bits per heavy atom. The second-order valence-electron chi connectivity index (χ2n) is 5.67. The van der Waals surface area contributed by atoms with Crippen LogP contribution in [0.15, 0.2) is 35.9 Å². The van der Waals surface area contributed by atoms with Gasteiger partial charge in [0.15, 0.2) is 0 Å². The quantitative estimate of drug-likeness (QED) is 0.748. The summed E-state index contributed by atoms with van der Waals surface area (Å²) in [6.07, 6.45) is 4.21. The van der Waals surface area contributed by atoms with Gasteiger partial charge in [0.2, 0.25) is 0 Å². The first-order chi connectivity index (χ1) is 9.74. The minimum absolute atomic E-state index is 0.0981. The lowest BCUT2D eigenvalue weighted by Crippen LogP contribution is -2.27. The van der Waals surface area contributed by atoms with Crippen LogP contribution in [0.5, 0.6) is 0 Å². The van der Waals surface area contributed by atoms with Gasteiger partial charge in [-0.1, -0.05) is 42.0 Å². The van der Waals surface area contributed by atoms with Crippen molar-refractivity contribution in [2.75, 3.05) is 32.7 Å². The van der Waals surface area contributed by atoms with Crippen molar-refractivity contribution in [1.29, 1.82) is 0 Å². The van der Waals surface area contributed by atoms with E-state index in [1.165, 1.54) is 11.1 Å². The Kier molecular flexibility index (Phi) is 6.25. The van der Waals surface area contributed by atoms with E-state index in [2.05, 4.69) is 47.5 Å². The van der Waals surface area contributed by atoms with Gasteiger partial charge in [-0.3, -0.25) is 0 Å². The van der Waals surface area contributed by atoms with Crippen LogP contribution in [-0.4, -0.2) is 48.8 Å². The number of likely N-dealkylation sites (tertiary alicyclic amines) is 1. The summed E-state index contributed by atoms with van der Waals surface area (Å²) in [6, 6.07) is 10.4. The van der Waals surface area contributed by atoms with Gasteiger partial charge in [-0.05, 0) is 38.4 Å². The Hall–Kier alpha value is -1.16. The van der Waals surface area contributed by atoms with Gasteiger partial charge in [-0.25, -0.2) is 0 Å². The van der Waals surface area contributed by atoms with E-state index in [1.54, 1.807) is 0 Å². The van der Waals surface area contributed by atoms with Crippen molar-refractivity contribution >= 4 is 6.08 Å². The standard InChI is InChI=1S/C17H26N2O/c1-15(12-16-6-3-2-4-7-16)13-18-9-5-10-19-11-8-17(20)14-19/h2-4,6-7,12,17-18,20H,5,8-11,13-14H2,1H3/b15-12+. The van der Waals surface area contributed by atoms with Crippen molar-refractivity contribution in [2.45, 2.75) is 25.9 Å². The molecule has 1 aliphatic rings. The van der Waals surface area contributed by atoms with Crippen molar-refractivity contribution < 1.29 is 5.11 Å². The highest BCUT2D eigenvalue weighted by atomic mass is 16.3. The number of β-amino-alcohol motifs (C(OH)–C–C–N with tert-alkyl or cyclic N) is 1. The molecule has 110 valence electrons. The minimum atomic E-state index is -0.0981. The molecule has 2 N–H and O–H groups in total. The molecular formula is C17H26N2O. The van der Waals surface area contributed by atoms with Crippen LogP contribution in [0.2, 0.25) is 0 Å². The Bertz CT molecular complexity index is 416. The van der Waals surface area contributed by atoms with Crippen LogP contribution in [-0.2, 0) is 0 Å². The summed E-state index contributed by atoms with van der Waals surface area (Å²) in [6.45, 7) is 7.13. The highest BCUT2D eigenvalue weighted by Crippen LogP contribution is 2.08. The van der Waals surface area contributed by atoms with Crippen LogP contribution >= 0.6 is 0 Å². The molecule has 1 atom stereocenters. The molecule has 2 rings (SSSR count). The number of nitrogens with one attached hydrogen (secondary N) is 1. The Balaban J connectivity index is 1.58. The molecule has 0 bridgehead atoms. The van der Waals surface area contributed by atoms with Crippen LogP contribution in [0.1, 0.15) is 25.3 Å². The number of aliphatic hydroxyl groups excluding tert-OH is 1. The normalized spacial score (nSPS) is 20.5. The fraction of sp³-hybridized carbons (Fsp3) is 0.529. The highest BCUT2D eigenvalue weighted by Gasteiger charge is 2.18. The molecule has 1 fully saturated rings. The first kappa shape index (κ1) is 15.2. The molecule has 3 heteroatoms. The van der Waals surface area contributed by atoms with E-state index in [0.29, 0.717) is 0 Å². The van der Waals surface area contributed by atoms with Gasteiger partial charge in [-0.2, -0.15) is 0 Å². The monoisotopic (exact) mass is 274 g/mol. The largest absolute Gasteiger partial charge is 0.392 e. The number of hydrogen-bond acceptors (Lipinski definition) is 3. The lowest BCUT2D eigenvalue weighted by atomic mass is 10.1. The summed E-state index contributed by atoms with van der Waals surface area (Å²) in [7, 11) is 0. The van der Waals surface area contributed by atoms with Crippen molar-refractivity contribution in [3.63, 3.8) is 0 Å². The van der Waals surface area contributed by atoms with Gasteiger partial charge in [0.1, 0.15) is 0 Å². The van der Waals surface area contributed by atoms with Crippen LogP contribution < -0.4 is 5.32 Å². The topological polar surface area (TPSA) is 35.5 Å². The summed E-state index contributed by atoms with van der Waals surface area (Å²) in [5.74, 6) is 0. The van der Waals surface area contributed by atoms with Crippen LogP contribution in [0.4, 0.5) is 0 Å². The second-order valence-corrected chi connectivity index (χ2v) is 5.67. The zero-order valence-electron chi connectivity index (χ0n) is 12.4. The van der Waals surface area contributed by atoms with E-state index >= 15 is 0 Å². The van der Waals surface area contributed by atoms with Gasteiger partial charge >= 0.3 is 0 Å². The molecule has 0 aliphatic carbocycles. The molecule has 1 unspecified atom stereocenters. The van der Waals surface area contributed by atoms with E-state index in [9.17, 15) is 5.11 Å². The lowest BCUT2D eigenvalue weighted by Gasteiger charge is -2.14. The van der Waals surface area contributed by atoms with Gasteiger partial charge in [-0.15, -0.1) is 0 Å². The van der Waals surface area contributed by atoms with E-state index in [-0.39, 0.29) is 6.10 Å². The number of benzene rings is 1. The zero-order valence-corrected chi connectivity index (χ0v) is 12.4. The molecule has 1 heterocycles. The second kappa shape index (κ2) is 8.20. The Morgan fingerprint density at radius 1 is 1.40 bits per heavy atom. The van der Waals surface area contributed by atoms with Gasteiger partial charge in [0.25, 0.3) is 0 Å². The van der Waals surface area contributed by atoms with Crippen LogP contribution in [0, 0.1) is 0 Å². The first-order valence-electron chi connectivity index (χ1n) is 7.57. The summed E-state index contributed by atoms with van der Waals surface area (Å²) in [4.78, 5) is 2.35. The molecule has 0 spiro atoms. The molecule has 1 aliphatic heterocycles. The molecule has 20 heavy (non-hydrogen) atoms. The Morgan fingerprint density at radius 3 is 2.90 bits per heavy atom. The third kappa shape index (κ3) is 5.45. The van der Waals surface area contributed by atoms with Crippen molar-refractivity contribution in [2.24, 2.45) is 0 Å². The average Bonchev–Trinajstić information content (AvgIpc) is 2.85. The van der Waals surface area contributed by atoms with E-state index in [4.69, 9.17) is 0 Å². The predicted molar refractivity (Wildman–Crippen MR) is 84.6 cm³/mol. The molecule has 0 aromatic heterocycles. The third-order valence-corrected chi connectivity index (χ3v) is 3.69. The van der Waals surface area contributed by atoms with Gasteiger partial charge in [0.05, 0.1) is 6.10 Å². The molecule has 0 amide bonds. The van der Waals surface area contributed by atoms with Crippen LogP contribution in [0.25, 0.3) is 6.08 Å². The van der Waals surface area contributed by atoms with Crippen molar-refractivity contribution in [3.05, 3.63) is 41.5 Å². The maximum atomic E-state index is 9.45. The Labute approximate surface area is 122 Å². The number of rotatable bonds is 7. The molecule has 1 aromatic carbocycles. The smallest absolute Gasteiger partial charge is 0.0679 e. The minimum Gasteiger partial charge on any atom is -0.392 e. The molecular weight excluding hydrogens is 248 g/mol. The zero-order chi connectivity index (χ0) is 14.2. The summed E-state index contributed by atoms with van der Waals surface area (Å²) < 4.78 is 0. The fourth-order valence-corrected chi connectivity index (χ4v) is 2.61. The third-order valence-electron chi connectivity index (χ3n) is 3.69. The molecule has 0 radical (unpaired) electrons. The molecule has 0 saturated carbocycles. The van der Waals surface area contributed by atoms with E-state index in [1.807, 2.05) is 6.07 Å². The van der Waals surface area contributed by atoms with E-state index < -0.39 is 0 Å². The summed E-state index contributed by atoms with van der Waals surface area (Å²) in [5.41, 5.74) is 2.62. The van der Waals surface area contributed by atoms with Gasteiger partial charge < -0.3 is 15.3 Å². The molecule has 1 saturated heterocycles. The number of nitrogens with zero attached hydrogens (tertiary/aromatic N) is 1.